The number of rotatable bonds is 17. The SMILES string of the molecule is CO/C(C)=C(/NC(=O)[C@@H](NC=O)[C@@H](C)O)c1nc(C(=O)N[C@@H]2c3nc(cs3)C(=O)N[C@H](c3nc(-c4nc(-c5nc(CN)cs5)c(O)cc4-c4nccs4)cs3)COC(=O)c3c4c5c(cccc5n3O)COC(=O)[C@@H](O[C@H]3C[C@](C)(O)C(N(C)C)[C@H](C)O3)[C@H]2OC4)cs1. The van der Waals surface area contributed by atoms with Crippen molar-refractivity contribution in [2.24, 2.45) is 5.73 Å². The highest BCUT2D eigenvalue weighted by molar-refractivity contribution is 7.13. The predicted molar refractivity (Wildman–Crippen MR) is 334 cm³/mol. The highest BCUT2D eigenvalue weighted by Crippen LogP contribution is 2.42. The number of thiazole rings is 5. The smallest absolute Gasteiger partial charge is 0.358 e. The first-order valence-corrected chi connectivity index (χ1v) is 32.7. The van der Waals surface area contributed by atoms with Crippen molar-refractivity contribution < 1.29 is 77.7 Å². The van der Waals surface area contributed by atoms with Gasteiger partial charge in [-0.1, -0.05) is 12.1 Å². The molecule has 8 aromatic rings. The third kappa shape index (κ3) is 13.1. The molecule has 92 heavy (non-hydrogen) atoms. The van der Waals surface area contributed by atoms with Gasteiger partial charge in [-0.25, -0.2) is 39.5 Å². The number of aliphatic hydroxyl groups excluding tert-OH is 1. The lowest BCUT2D eigenvalue weighted by atomic mass is 9.85. The van der Waals surface area contributed by atoms with Gasteiger partial charge >= 0.3 is 11.9 Å². The lowest BCUT2D eigenvalue weighted by Crippen LogP contribution is -2.62. The lowest BCUT2D eigenvalue weighted by molar-refractivity contribution is -0.280. The van der Waals surface area contributed by atoms with Crippen molar-refractivity contribution in [3.8, 4) is 38.4 Å². The minimum Gasteiger partial charge on any atom is -0.506 e. The Kier molecular flexibility index (Phi) is 19.2. The molecule has 4 bridgehead atoms. The van der Waals surface area contributed by atoms with Crippen LogP contribution in [0.2, 0.25) is 0 Å². The number of ether oxygens (including phenoxy) is 6. The van der Waals surface area contributed by atoms with Gasteiger partial charge in [-0.2, -0.15) is 4.73 Å². The molecule has 3 aliphatic heterocycles. The van der Waals surface area contributed by atoms with E-state index in [1.54, 1.807) is 67.3 Å². The zero-order chi connectivity index (χ0) is 65.4. The first-order valence-electron chi connectivity index (χ1n) is 28.3. The fourth-order valence-corrected chi connectivity index (χ4v) is 15.3. The number of amides is 4. The van der Waals surface area contributed by atoms with E-state index < -0.39 is 116 Å². The Morgan fingerprint density at radius 1 is 0.989 bits per heavy atom. The quantitative estimate of drug-likeness (QED) is 0.0260. The lowest BCUT2D eigenvalue weighted by Gasteiger charge is -2.48. The number of fused-ring (bicyclic) bond motifs is 4. The van der Waals surface area contributed by atoms with Crippen molar-refractivity contribution in [2.45, 2.75) is 114 Å². The van der Waals surface area contributed by atoms with E-state index in [9.17, 15) is 39.7 Å². The van der Waals surface area contributed by atoms with Crippen molar-refractivity contribution in [3.05, 3.63) is 112 Å². The summed E-state index contributed by atoms with van der Waals surface area (Å²) >= 11 is 5.41. The average Bonchev–Trinajstić information content (AvgIpc) is 1.60. The number of methoxy groups -OCH3 is 1. The van der Waals surface area contributed by atoms with Gasteiger partial charge < -0.3 is 80.8 Å². The molecule has 10 heterocycles. The molecule has 7 aromatic heterocycles. The molecule has 1 unspecified atom stereocenters. The maximum Gasteiger partial charge on any atom is 0.358 e. The molecule has 0 aliphatic carbocycles. The minimum absolute atomic E-state index is 0.0191. The van der Waals surface area contributed by atoms with E-state index in [1.807, 2.05) is 0 Å². The number of cyclic esters (lactones) is 2. The van der Waals surface area contributed by atoms with Crippen molar-refractivity contribution in [1.29, 1.82) is 0 Å². The summed E-state index contributed by atoms with van der Waals surface area (Å²) in [4.78, 5) is 115. The number of nitrogens with one attached hydrogen (secondary N) is 4. The van der Waals surface area contributed by atoms with Crippen LogP contribution in [-0.2, 0) is 62.6 Å². The Labute approximate surface area is 543 Å². The van der Waals surface area contributed by atoms with Gasteiger partial charge in [0.05, 0.1) is 48.8 Å². The Hall–Kier alpha value is -8.26. The Bertz CT molecular complexity index is 4140. The van der Waals surface area contributed by atoms with Gasteiger partial charge in [0.2, 0.25) is 12.3 Å². The molecule has 4 amide bonds. The van der Waals surface area contributed by atoms with Crippen LogP contribution in [-0.4, -0.2) is 172 Å². The van der Waals surface area contributed by atoms with Gasteiger partial charge in [0.25, 0.3) is 11.8 Å². The molecule has 484 valence electrons. The first-order chi connectivity index (χ1) is 44.1. The molecule has 10 atom stereocenters. The fraction of sp³-hybridized carbons (Fsp3) is 0.379. The molecular weight excluding hydrogens is 1300 g/mol. The van der Waals surface area contributed by atoms with Crippen molar-refractivity contribution in [3.63, 3.8) is 0 Å². The van der Waals surface area contributed by atoms with Crippen molar-refractivity contribution in [2.75, 3.05) is 27.8 Å². The summed E-state index contributed by atoms with van der Waals surface area (Å²) in [6.07, 6.45) is -5.35. The van der Waals surface area contributed by atoms with E-state index in [0.29, 0.717) is 37.3 Å². The standard InChI is InChI=1S/C58H61N13O16S5/c1-24(73)39(61-23-72)50(77)68-40(25(2)82-7)53-65-34(22-91-53)49(76)69-43-45-46(87-37-14-58(4,80)47(70(5)6)26(3)86-37)57(79)84-16-27-9-8-10-35-38(27)30(17-83-45)44(71(35)81)56(78)85-18-31(63-48(75)33-21-92-55(43)66-33)52-64-32(20-90-52)41-29(51-60-11-12-88-51)13-36(74)42(67-41)54-62-28(15-59)19-89-54/h8-13,19-24,26,31,37,39,43,45-47,73-74,80-81H,14-18,59H2,1-7H3,(H,61,72)(H,63,75)(H,68,77)(H,69,76)/b40-25+/t24-,26+,31+,37+,39+,43+,45+,46+,47?,58+/m1/s1. The summed E-state index contributed by atoms with van der Waals surface area (Å²) < 4.78 is 38.1. The minimum atomic E-state index is -1.89. The highest BCUT2D eigenvalue weighted by Gasteiger charge is 2.50. The summed E-state index contributed by atoms with van der Waals surface area (Å²) in [5, 5.41) is 65.7. The number of allylic oxidation sites excluding steroid dienone is 1. The van der Waals surface area contributed by atoms with E-state index in [1.165, 1.54) is 66.5 Å². The topological polar surface area (TPSA) is 398 Å². The van der Waals surface area contributed by atoms with E-state index in [0.717, 1.165) is 34.0 Å². The number of aliphatic hydroxyl groups is 2. The van der Waals surface area contributed by atoms with Crippen LogP contribution in [0, 0.1) is 0 Å². The molecule has 34 heteroatoms. The molecule has 0 saturated carbocycles. The number of pyridine rings is 1. The number of nitrogens with two attached hydrogens (primary N) is 1. The fourth-order valence-electron chi connectivity index (χ4n) is 11.2. The monoisotopic (exact) mass is 1360 g/mol. The van der Waals surface area contributed by atoms with Crippen LogP contribution >= 0.6 is 56.7 Å². The number of likely N-dealkylation sites (N-methyl/N-ethyl adjacent to an activating group) is 1. The zero-order valence-corrected chi connectivity index (χ0v) is 54.0. The van der Waals surface area contributed by atoms with Crippen LogP contribution < -0.4 is 27.0 Å². The Morgan fingerprint density at radius 3 is 2.47 bits per heavy atom. The van der Waals surface area contributed by atoms with Gasteiger partial charge in [0.1, 0.15) is 108 Å². The largest absolute Gasteiger partial charge is 0.506 e. The number of aromatic nitrogens is 7. The van der Waals surface area contributed by atoms with Crippen LogP contribution in [0.25, 0.3) is 49.3 Å². The van der Waals surface area contributed by atoms with E-state index in [-0.39, 0.29) is 90.8 Å². The first kappa shape index (κ1) is 65.2. The number of hydrogen-bond acceptors (Lipinski definition) is 29. The molecule has 1 saturated heterocycles. The van der Waals surface area contributed by atoms with Crippen LogP contribution in [0.5, 0.6) is 5.75 Å². The maximum atomic E-state index is 15.1. The second-order valence-electron chi connectivity index (χ2n) is 22.0. The molecule has 0 radical (unpaired) electrons. The van der Waals surface area contributed by atoms with Gasteiger partial charge in [-0.05, 0) is 59.5 Å². The number of nitrogens with zero attached hydrogens (tertiary/aromatic N) is 8. The number of carbonyl (C=O) groups excluding carboxylic acids is 6. The van der Waals surface area contributed by atoms with Crippen LogP contribution in [0.1, 0.15) is 110 Å². The summed E-state index contributed by atoms with van der Waals surface area (Å²) in [7, 11) is 4.88. The molecule has 29 nitrogen and oxygen atoms in total. The van der Waals surface area contributed by atoms with Crippen molar-refractivity contribution in [1.82, 2.24) is 60.8 Å². The van der Waals surface area contributed by atoms with Gasteiger partial charge in [0, 0.05) is 62.6 Å². The molecule has 3 aliphatic rings. The summed E-state index contributed by atoms with van der Waals surface area (Å²) in [5.41, 5.74) is 5.68. The number of hydrogen-bond donors (Lipinski definition) is 9. The molecular formula is C58H61N13O16S5. The number of carbonyl (C=O) groups is 6. The van der Waals surface area contributed by atoms with Crippen LogP contribution in [0.4, 0.5) is 0 Å². The number of aromatic hydroxyl groups is 1. The molecule has 10 N–H and O–H groups in total. The van der Waals surface area contributed by atoms with Gasteiger partial charge in [-0.3, -0.25) is 19.2 Å². The summed E-state index contributed by atoms with van der Waals surface area (Å²) in [6, 6.07) is 1.43. The third-order valence-electron chi connectivity index (χ3n) is 15.4. The van der Waals surface area contributed by atoms with E-state index in [2.05, 4.69) is 36.2 Å². The highest BCUT2D eigenvalue weighted by atomic mass is 32.1. The second kappa shape index (κ2) is 27.1. The summed E-state index contributed by atoms with van der Waals surface area (Å²) in [5.74, 6) is -4.78. The molecule has 1 aromatic carbocycles. The van der Waals surface area contributed by atoms with Gasteiger partial charge in [-0.15, -0.1) is 56.7 Å². The molecule has 11 rings (SSSR count). The average molecular weight is 1360 g/mol. The molecule has 0 spiro atoms. The Balaban J connectivity index is 1.03. The van der Waals surface area contributed by atoms with Crippen LogP contribution in [0.3, 0.4) is 0 Å². The molecule has 1 fully saturated rings. The van der Waals surface area contributed by atoms with Gasteiger partial charge in [0.15, 0.2) is 18.1 Å². The van der Waals surface area contributed by atoms with Crippen LogP contribution in [0.15, 0.2) is 63.1 Å². The number of benzene rings is 1. The maximum absolute atomic E-state index is 15.1. The normalized spacial score (nSPS) is 22.9. The van der Waals surface area contributed by atoms with E-state index >= 15 is 9.59 Å². The predicted octanol–water partition coefficient (Wildman–Crippen LogP) is 4.62. The van der Waals surface area contributed by atoms with E-state index in [4.69, 9.17) is 49.1 Å². The second-order valence-corrected chi connectivity index (χ2v) is 26.3. The zero-order valence-electron chi connectivity index (χ0n) is 50.0. The Morgan fingerprint density at radius 2 is 1.76 bits per heavy atom. The number of esters is 2. The third-order valence-corrected chi connectivity index (χ3v) is 19.9. The summed E-state index contributed by atoms with van der Waals surface area (Å²) in [6.45, 7) is 4.65. The van der Waals surface area contributed by atoms with Crippen molar-refractivity contribution >= 4 is 109 Å².